The van der Waals surface area contributed by atoms with E-state index in [9.17, 15) is 9.59 Å². The van der Waals surface area contributed by atoms with Gasteiger partial charge in [0.2, 0.25) is 11.8 Å². The van der Waals surface area contributed by atoms with Crippen molar-refractivity contribution < 1.29 is 9.59 Å². The molecule has 0 atom stereocenters. The Morgan fingerprint density at radius 2 is 1.74 bits per heavy atom. The van der Waals surface area contributed by atoms with Gasteiger partial charge in [-0.05, 0) is 52.1 Å². The van der Waals surface area contributed by atoms with Gasteiger partial charge in [0.05, 0.1) is 11.9 Å². The Morgan fingerprint density at radius 3 is 2.39 bits per heavy atom. The molecular formula is C23H34N6O2. The molecule has 31 heavy (non-hydrogen) atoms. The molecule has 0 spiro atoms. The van der Waals surface area contributed by atoms with Gasteiger partial charge in [-0.1, -0.05) is 0 Å². The quantitative estimate of drug-likeness (QED) is 0.729. The van der Waals surface area contributed by atoms with Crippen LogP contribution in [0.15, 0.2) is 18.5 Å². The molecule has 0 radical (unpaired) electrons. The average molecular weight is 427 g/mol. The molecule has 2 amide bonds. The highest BCUT2D eigenvalue weighted by Crippen LogP contribution is 2.27. The summed E-state index contributed by atoms with van der Waals surface area (Å²) in [5, 5.41) is 4.52. The van der Waals surface area contributed by atoms with Crippen LogP contribution in [-0.2, 0) is 22.6 Å². The monoisotopic (exact) mass is 426 g/mol. The molecule has 8 heteroatoms. The Morgan fingerprint density at radius 1 is 1.06 bits per heavy atom. The number of nitrogens with zero attached hydrogens (tertiary/aromatic N) is 6. The zero-order valence-corrected chi connectivity index (χ0v) is 19.0. The highest BCUT2D eigenvalue weighted by Gasteiger charge is 2.31. The first-order chi connectivity index (χ1) is 14.9. The molecule has 2 aromatic rings. The third-order valence-electron chi connectivity index (χ3n) is 6.79. The second-order valence-electron chi connectivity index (χ2n) is 9.32. The maximum absolute atomic E-state index is 13.0. The Bertz CT molecular complexity index is 923. The van der Waals surface area contributed by atoms with E-state index in [1.807, 2.05) is 27.9 Å². The number of piperidine rings is 2. The van der Waals surface area contributed by atoms with Crippen LogP contribution >= 0.6 is 0 Å². The van der Waals surface area contributed by atoms with Crippen molar-refractivity contribution in [3.8, 4) is 0 Å². The second kappa shape index (κ2) is 9.34. The van der Waals surface area contributed by atoms with Gasteiger partial charge in [-0.3, -0.25) is 9.59 Å². The number of hydrogen-bond acceptors (Lipinski definition) is 5. The van der Waals surface area contributed by atoms with Crippen molar-refractivity contribution in [2.45, 2.75) is 45.6 Å². The van der Waals surface area contributed by atoms with Crippen LogP contribution < -0.4 is 0 Å². The number of aromatic nitrogens is 3. The lowest BCUT2D eigenvalue weighted by molar-refractivity contribution is -0.141. The molecule has 8 nitrogen and oxygen atoms in total. The summed E-state index contributed by atoms with van der Waals surface area (Å²) >= 11 is 0. The van der Waals surface area contributed by atoms with Gasteiger partial charge in [0.15, 0.2) is 5.65 Å². The van der Waals surface area contributed by atoms with Gasteiger partial charge in [0.25, 0.3) is 0 Å². The number of likely N-dealkylation sites (tertiary alicyclic amines) is 2. The maximum atomic E-state index is 13.0. The van der Waals surface area contributed by atoms with Crippen molar-refractivity contribution in [1.82, 2.24) is 29.3 Å². The number of amides is 2. The number of carbonyl (C=O) groups is 2. The van der Waals surface area contributed by atoms with Crippen molar-refractivity contribution in [3.63, 3.8) is 0 Å². The lowest BCUT2D eigenvalue weighted by Crippen LogP contribution is -2.46. The average Bonchev–Trinajstić information content (AvgIpc) is 3.24. The van der Waals surface area contributed by atoms with E-state index < -0.39 is 0 Å². The molecule has 2 aliphatic rings. The van der Waals surface area contributed by atoms with E-state index in [0.717, 1.165) is 57.4 Å². The van der Waals surface area contributed by atoms with Gasteiger partial charge in [-0.25, -0.2) is 9.50 Å². The van der Waals surface area contributed by atoms with E-state index in [2.05, 4.69) is 34.0 Å². The summed E-state index contributed by atoms with van der Waals surface area (Å²) in [5.74, 6) is 1.01. The molecule has 0 aliphatic carbocycles. The number of carbonyl (C=O) groups excluding carboxylic acids is 2. The summed E-state index contributed by atoms with van der Waals surface area (Å²) in [6.07, 6.45) is 8.38. The summed E-state index contributed by atoms with van der Waals surface area (Å²) in [7, 11) is 4.14. The van der Waals surface area contributed by atoms with Crippen LogP contribution in [0, 0.1) is 11.8 Å². The summed E-state index contributed by atoms with van der Waals surface area (Å²) in [6, 6.07) is 1.95. The number of hydrogen-bond donors (Lipinski definition) is 0. The van der Waals surface area contributed by atoms with Crippen molar-refractivity contribution in [3.05, 3.63) is 29.7 Å². The zero-order valence-electron chi connectivity index (χ0n) is 19.0. The largest absolute Gasteiger partial charge is 0.343 e. The molecule has 0 saturated carbocycles. The van der Waals surface area contributed by atoms with Crippen LogP contribution in [0.3, 0.4) is 0 Å². The van der Waals surface area contributed by atoms with E-state index in [0.29, 0.717) is 19.0 Å². The van der Waals surface area contributed by atoms with E-state index >= 15 is 0 Å². The molecule has 0 N–H and O–H groups in total. The molecule has 0 unspecified atom stereocenters. The van der Waals surface area contributed by atoms with Crippen LogP contribution in [0.5, 0.6) is 0 Å². The maximum Gasteiger partial charge on any atom is 0.225 e. The van der Waals surface area contributed by atoms with Gasteiger partial charge >= 0.3 is 0 Å². The summed E-state index contributed by atoms with van der Waals surface area (Å²) in [6.45, 7) is 5.52. The molecule has 2 fully saturated rings. The molecule has 2 aromatic heterocycles. The summed E-state index contributed by atoms with van der Waals surface area (Å²) in [5.41, 5.74) is 3.35. The van der Waals surface area contributed by atoms with E-state index in [1.54, 1.807) is 6.92 Å². The molecule has 168 valence electrons. The fourth-order valence-electron chi connectivity index (χ4n) is 4.98. The number of fused-ring (bicyclic) bond motifs is 1. The summed E-state index contributed by atoms with van der Waals surface area (Å²) in [4.78, 5) is 35.2. The van der Waals surface area contributed by atoms with Crippen molar-refractivity contribution in [2.24, 2.45) is 11.8 Å². The van der Waals surface area contributed by atoms with Gasteiger partial charge in [-0.15, -0.1) is 0 Å². The smallest absolute Gasteiger partial charge is 0.225 e. The standard InChI is InChI=1S/C23H34N6O2/c1-17(30)27-12-7-19(8-13-27)23(31)28-10-5-18(6-11-28)14-21-20(16-26(2)3)15-24-22-4-9-25-29(21)22/h4,9,15,18-19H,5-8,10-14,16H2,1-3H3. The van der Waals surface area contributed by atoms with E-state index in [-0.39, 0.29) is 17.7 Å². The second-order valence-corrected chi connectivity index (χ2v) is 9.32. The van der Waals surface area contributed by atoms with E-state index in [4.69, 9.17) is 0 Å². The Labute approximate surface area is 184 Å². The highest BCUT2D eigenvalue weighted by atomic mass is 16.2. The fourth-order valence-corrected chi connectivity index (χ4v) is 4.98. The zero-order chi connectivity index (χ0) is 22.0. The van der Waals surface area contributed by atoms with Gasteiger partial charge in [0, 0.05) is 63.4 Å². The normalized spacial score (nSPS) is 18.8. The molecule has 4 rings (SSSR count). The minimum atomic E-state index is 0.0720. The van der Waals surface area contributed by atoms with Crippen molar-refractivity contribution in [1.29, 1.82) is 0 Å². The van der Waals surface area contributed by atoms with Crippen molar-refractivity contribution >= 4 is 17.5 Å². The predicted octanol–water partition coefficient (Wildman–Crippen LogP) is 1.83. The minimum absolute atomic E-state index is 0.0720. The molecule has 4 heterocycles. The Kier molecular flexibility index (Phi) is 6.55. The van der Waals surface area contributed by atoms with Gasteiger partial charge in [0.1, 0.15) is 0 Å². The Balaban J connectivity index is 1.36. The lowest BCUT2D eigenvalue weighted by Gasteiger charge is -2.37. The summed E-state index contributed by atoms with van der Waals surface area (Å²) < 4.78 is 1.99. The van der Waals surface area contributed by atoms with E-state index in [1.165, 1.54) is 11.3 Å². The topological polar surface area (TPSA) is 74.1 Å². The molecule has 0 aromatic carbocycles. The minimum Gasteiger partial charge on any atom is -0.343 e. The van der Waals surface area contributed by atoms with Crippen molar-refractivity contribution in [2.75, 3.05) is 40.3 Å². The molecule has 2 saturated heterocycles. The van der Waals surface area contributed by atoms with Crippen LogP contribution in [0.25, 0.3) is 5.65 Å². The van der Waals surface area contributed by atoms with Crippen LogP contribution in [0.1, 0.15) is 43.9 Å². The van der Waals surface area contributed by atoms with Crippen LogP contribution in [-0.4, -0.2) is 81.4 Å². The SMILES string of the molecule is CC(=O)N1CCC(C(=O)N2CCC(Cc3c(CN(C)C)cnc4ccnn34)CC2)CC1. The third kappa shape index (κ3) is 4.89. The van der Waals surface area contributed by atoms with Gasteiger partial charge in [-0.2, -0.15) is 5.10 Å². The fraction of sp³-hybridized carbons (Fsp3) is 0.652. The lowest BCUT2D eigenvalue weighted by atomic mass is 9.89. The first-order valence-electron chi connectivity index (χ1n) is 11.4. The third-order valence-corrected chi connectivity index (χ3v) is 6.79. The first-order valence-corrected chi connectivity index (χ1v) is 11.4. The molecule has 2 aliphatic heterocycles. The highest BCUT2D eigenvalue weighted by molar-refractivity contribution is 5.79. The Hall–Kier alpha value is -2.48. The number of rotatable bonds is 5. The molecule has 0 bridgehead atoms. The molecular weight excluding hydrogens is 392 g/mol. The van der Waals surface area contributed by atoms with Gasteiger partial charge < -0.3 is 14.7 Å². The van der Waals surface area contributed by atoms with Crippen LogP contribution in [0.4, 0.5) is 0 Å². The van der Waals surface area contributed by atoms with Crippen LogP contribution in [0.2, 0.25) is 0 Å². The first kappa shape index (κ1) is 21.7. The predicted molar refractivity (Wildman–Crippen MR) is 118 cm³/mol.